The lowest BCUT2D eigenvalue weighted by molar-refractivity contribution is 0.410. The van der Waals surface area contributed by atoms with E-state index in [0.717, 1.165) is 61.6 Å². The molecule has 0 aromatic carbocycles. The van der Waals surface area contributed by atoms with Crippen LogP contribution in [0.2, 0.25) is 0 Å². The monoisotopic (exact) mass is 471 g/mol. The molecular weight excluding hydrogens is 433 g/mol. The Morgan fingerprint density at radius 3 is 2.45 bits per heavy atom. The number of halogens is 2. The van der Waals surface area contributed by atoms with E-state index in [0.29, 0.717) is 18.1 Å². The smallest absolute Gasteiger partial charge is 0.227 e. The first-order valence-corrected chi connectivity index (χ1v) is 11.7. The summed E-state index contributed by atoms with van der Waals surface area (Å²) in [4.78, 5) is 14.5. The fraction of sp³-hybridized carbons (Fsp3) is 0.773. The van der Waals surface area contributed by atoms with E-state index in [4.69, 9.17) is 20.7 Å². The molecule has 2 aliphatic carbocycles. The summed E-state index contributed by atoms with van der Waals surface area (Å²) in [6.07, 6.45) is 16.3. The van der Waals surface area contributed by atoms with Crippen molar-refractivity contribution in [1.82, 2.24) is 19.5 Å². The molecule has 0 atom stereocenters. The van der Waals surface area contributed by atoms with E-state index in [2.05, 4.69) is 22.1 Å². The molecule has 176 valence electrons. The van der Waals surface area contributed by atoms with Gasteiger partial charge in [-0.1, -0.05) is 39.0 Å². The van der Waals surface area contributed by atoms with Crippen LogP contribution in [0.5, 0.6) is 0 Å². The average Bonchev–Trinajstić information content (AvgIpc) is 3.39. The zero-order chi connectivity index (χ0) is 20.1. The van der Waals surface area contributed by atoms with Gasteiger partial charge in [-0.05, 0) is 44.9 Å². The first kappa shape index (κ1) is 25.9. The number of nitrogens with one attached hydrogen (secondary N) is 2. The predicted molar refractivity (Wildman–Crippen MR) is 134 cm³/mol. The van der Waals surface area contributed by atoms with Crippen molar-refractivity contribution >= 4 is 47.7 Å². The molecule has 2 saturated carbocycles. The van der Waals surface area contributed by atoms with Crippen molar-refractivity contribution in [1.29, 1.82) is 0 Å². The van der Waals surface area contributed by atoms with E-state index < -0.39 is 0 Å². The lowest BCUT2D eigenvalue weighted by Gasteiger charge is -2.27. The van der Waals surface area contributed by atoms with Gasteiger partial charge in [0.15, 0.2) is 17.0 Å². The first-order valence-electron chi connectivity index (χ1n) is 11.7. The van der Waals surface area contributed by atoms with E-state index in [-0.39, 0.29) is 24.8 Å². The summed E-state index contributed by atoms with van der Waals surface area (Å²) in [6, 6.07) is 1.28. The molecule has 7 nitrogen and oxygen atoms in total. The number of fused-ring (bicyclic) bond motifs is 1. The normalized spacial score (nSPS) is 21.5. The second-order valence-electron chi connectivity index (χ2n) is 8.90. The van der Waals surface area contributed by atoms with Gasteiger partial charge in [-0.2, -0.15) is 9.97 Å². The van der Waals surface area contributed by atoms with Crippen LogP contribution in [-0.4, -0.2) is 38.1 Å². The Morgan fingerprint density at radius 2 is 1.74 bits per heavy atom. The summed E-state index contributed by atoms with van der Waals surface area (Å²) in [5.74, 6) is 1.60. The zero-order valence-electron chi connectivity index (χ0n) is 18.7. The Labute approximate surface area is 198 Å². The molecule has 4 N–H and O–H groups in total. The maximum atomic E-state index is 6.07. The molecule has 0 spiro atoms. The third-order valence-electron chi connectivity index (χ3n) is 6.57. The molecule has 0 unspecified atom stereocenters. The molecule has 2 aromatic heterocycles. The van der Waals surface area contributed by atoms with E-state index in [1.807, 2.05) is 6.33 Å². The maximum Gasteiger partial charge on any atom is 0.227 e. The standard InChI is InChI=1S/C22H37N7.2ClH/c1-2-3-4-7-14-24-20-19-21(29(15-25-19)18-8-5-6-9-18)28-22(27-20)26-17-12-10-16(23)11-13-17;;/h15-18H,2-14,23H2,1H3,(H2,24,26,27,28);2*1H/t16-,17-;;. The minimum absolute atomic E-state index is 0. The second-order valence-corrected chi connectivity index (χ2v) is 8.90. The van der Waals surface area contributed by atoms with Gasteiger partial charge in [-0.3, -0.25) is 0 Å². The molecule has 2 aromatic rings. The van der Waals surface area contributed by atoms with Gasteiger partial charge in [0.05, 0.1) is 6.33 Å². The quantitative estimate of drug-likeness (QED) is 0.420. The Hall–Kier alpha value is -1.31. The SMILES string of the molecule is CCCCCCNc1nc(N[C@H]2CC[C@H](N)CC2)nc2c1ncn2C1CCCC1.Cl.Cl. The topological polar surface area (TPSA) is 93.7 Å². The van der Waals surface area contributed by atoms with Crippen LogP contribution in [-0.2, 0) is 0 Å². The number of rotatable bonds is 9. The Bertz CT molecular complexity index is 784. The highest BCUT2D eigenvalue weighted by molar-refractivity contribution is 5.86. The number of aromatic nitrogens is 4. The summed E-state index contributed by atoms with van der Waals surface area (Å²) in [5, 5.41) is 7.14. The van der Waals surface area contributed by atoms with E-state index in [9.17, 15) is 0 Å². The van der Waals surface area contributed by atoms with Gasteiger partial charge in [-0.25, -0.2) is 4.98 Å². The summed E-state index contributed by atoms with van der Waals surface area (Å²) >= 11 is 0. The van der Waals surface area contributed by atoms with Gasteiger partial charge in [0.25, 0.3) is 0 Å². The van der Waals surface area contributed by atoms with Crippen molar-refractivity contribution in [2.24, 2.45) is 5.73 Å². The highest BCUT2D eigenvalue weighted by Crippen LogP contribution is 2.33. The minimum Gasteiger partial charge on any atom is -0.368 e. The Balaban J connectivity index is 0.00000171. The minimum atomic E-state index is 0. The van der Waals surface area contributed by atoms with Crippen LogP contribution in [0.15, 0.2) is 6.33 Å². The van der Waals surface area contributed by atoms with E-state index in [1.165, 1.54) is 44.9 Å². The molecule has 0 bridgehead atoms. The zero-order valence-corrected chi connectivity index (χ0v) is 20.3. The fourth-order valence-electron chi connectivity index (χ4n) is 4.76. The molecule has 0 aliphatic heterocycles. The van der Waals surface area contributed by atoms with Gasteiger partial charge in [-0.15, -0.1) is 24.8 Å². The number of hydrogen-bond donors (Lipinski definition) is 3. The van der Waals surface area contributed by atoms with Crippen molar-refractivity contribution in [2.75, 3.05) is 17.2 Å². The van der Waals surface area contributed by atoms with Gasteiger partial charge in [0.2, 0.25) is 5.95 Å². The van der Waals surface area contributed by atoms with Crippen LogP contribution >= 0.6 is 24.8 Å². The molecule has 31 heavy (non-hydrogen) atoms. The van der Waals surface area contributed by atoms with Crippen molar-refractivity contribution in [3.63, 3.8) is 0 Å². The highest BCUT2D eigenvalue weighted by Gasteiger charge is 2.23. The van der Waals surface area contributed by atoms with Crippen LogP contribution in [0.3, 0.4) is 0 Å². The summed E-state index contributed by atoms with van der Waals surface area (Å²) < 4.78 is 2.29. The van der Waals surface area contributed by atoms with Crippen molar-refractivity contribution < 1.29 is 0 Å². The van der Waals surface area contributed by atoms with Crippen molar-refractivity contribution in [3.8, 4) is 0 Å². The third-order valence-corrected chi connectivity index (χ3v) is 6.57. The van der Waals surface area contributed by atoms with E-state index >= 15 is 0 Å². The van der Waals surface area contributed by atoms with Gasteiger partial charge < -0.3 is 20.9 Å². The largest absolute Gasteiger partial charge is 0.368 e. The number of nitrogens with zero attached hydrogens (tertiary/aromatic N) is 4. The highest BCUT2D eigenvalue weighted by atomic mass is 35.5. The lowest BCUT2D eigenvalue weighted by atomic mass is 9.92. The number of hydrogen-bond acceptors (Lipinski definition) is 6. The predicted octanol–water partition coefficient (Wildman–Crippen LogP) is 5.46. The molecule has 4 rings (SSSR count). The average molecular weight is 473 g/mol. The van der Waals surface area contributed by atoms with Crippen molar-refractivity contribution in [2.45, 2.75) is 102 Å². The Kier molecular flexibility index (Phi) is 10.6. The van der Waals surface area contributed by atoms with Crippen LogP contribution in [0.25, 0.3) is 11.2 Å². The summed E-state index contributed by atoms with van der Waals surface area (Å²) in [5.41, 5.74) is 7.95. The molecule has 2 heterocycles. The Morgan fingerprint density at radius 1 is 1.00 bits per heavy atom. The van der Waals surface area contributed by atoms with Crippen molar-refractivity contribution in [3.05, 3.63) is 6.33 Å². The second kappa shape index (κ2) is 12.7. The maximum absolute atomic E-state index is 6.07. The van der Waals surface area contributed by atoms with E-state index in [1.54, 1.807) is 0 Å². The fourth-order valence-corrected chi connectivity index (χ4v) is 4.76. The number of imidazole rings is 1. The summed E-state index contributed by atoms with van der Waals surface area (Å²) in [6.45, 7) is 3.17. The van der Waals surface area contributed by atoms with Gasteiger partial charge >= 0.3 is 0 Å². The van der Waals surface area contributed by atoms with Crippen LogP contribution < -0.4 is 16.4 Å². The molecule has 2 aliphatic rings. The van der Waals surface area contributed by atoms with Crippen LogP contribution in [0, 0.1) is 0 Å². The molecular formula is C22H39Cl2N7. The number of anilines is 2. The molecule has 2 fully saturated rings. The number of unbranched alkanes of at least 4 members (excludes halogenated alkanes) is 3. The molecule has 0 amide bonds. The third kappa shape index (κ3) is 6.59. The van der Waals surface area contributed by atoms with Crippen LogP contribution in [0.1, 0.15) is 90.0 Å². The molecule has 9 heteroatoms. The summed E-state index contributed by atoms with van der Waals surface area (Å²) in [7, 11) is 0. The van der Waals surface area contributed by atoms with Crippen LogP contribution in [0.4, 0.5) is 11.8 Å². The number of nitrogens with two attached hydrogens (primary N) is 1. The molecule has 0 saturated heterocycles. The van der Waals surface area contributed by atoms with Gasteiger partial charge in [0, 0.05) is 24.7 Å². The van der Waals surface area contributed by atoms with Gasteiger partial charge in [0.1, 0.15) is 0 Å². The first-order chi connectivity index (χ1) is 14.2. The lowest BCUT2D eigenvalue weighted by Crippen LogP contribution is -2.33. The molecule has 0 radical (unpaired) electrons.